The molecule has 1 aromatic heterocycles. The lowest BCUT2D eigenvalue weighted by atomic mass is 10.1. The Labute approximate surface area is 143 Å². The maximum absolute atomic E-state index is 12.4. The van der Waals surface area contributed by atoms with E-state index < -0.39 is 23.1 Å². The number of carbonyl (C=O) groups excluding carboxylic acids is 3. The summed E-state index contributed by atoms with van der Waals surface area (Å²) < 4.78 is 5.04. The number of ether oxygens (including phenoxy) is 1. The Morgan fingerprint density at radius 1 is 1.04 bits per heavy atom. The van der Waals surface area contributed by atoms with Gasteiger partial charge in [0.25, 0.3) is 0 Å². The minimum Gasteiger partial charge on any atom is -0.453 e. The van der Waals surface area contributed by atoms with Crippen molar-refractivity contribution in [1.82, 2.24) is 0 Å². The molecule has 0 radical (unpaired) electrons. The Kier molecular flexibility index (Phi) is 5.74. The standard InChI is InChI=1S/C17H16O4S2/c1-10(16(19)21-11(2)17(20)22)13-8-9-14(23-13)15(18)12-6-4-3-5-7-12/h3-11H,1-2H3,(H,20,22)/t10-,11+/m0/s1. The fourth-order valence-corrected chi connectivity index (χ4v) is 2.94. The minimum absolute atomic E-state index is 0.0821. The maximum atomic E-state index is 12.4. The largest absolute Gasteiger partial charge is 0.453 e. The number of esters is 1. The molecule has 1 heterocycles. The molecular weight excluding hydrogens is 332 g/mol. The van der Waals surface area contributed by atoms with Crippen LogP contribution in [-0.2, 0) is 14.3 Å². The summed E-state index contributed by atoms with van der Waals surface area (Å²) in [5, 5.41) is -0.503. The summed E-state index contributed by atoms with van der Waals surface area (Å²) in [5.41, 5.74) is 0.602. The first-order chi connectivity index (χ1) is 10.9. The summed E-state index contributed by atoms with van der Waals surface area (Å²) in [4.78, 5) is 36.7. The summed E-state index contributed by atoms with van der Waals surface area (Å²) in [6.07, 6.45) is -0.890. The van der Waals surface area contributed by atoms with Gasteiger partial charge < -0.3 is 4.74 Å². The molecule has 23 heavy (non-hydrogen) atoms. The number of thiophene rings is 1. The van der Waals surface area contributed by atoms with Crippen LogP contribution in [0.2, 0.25) is 0 Å². The number of hydrogen-bond acceptors (Lipinski definition) is 5. The van der Waals surface area contributed by atoms with Gasteiger partial charge in [0.2, 0.25) is 10.9 Å². The number of thiol groups is 1. The van der Waals surface area contributed by atoms with Gasteiger partial charge in [-0.05, 0) is 26.0 Å². The highest BCUT2D eigenvalue weighted by atomic mass is 32.1. The molecule has 0 amide bonds. The Morgan fingerprint density at radius 2 is 1.70 bits per heavy atom. The van der Waals surface area contributed by atoms with E-state index in [-0.39, 0.29) is 5.78 Å². The lowest BCUT2D eigenvalue weighted by Gasteiger charge is -2.13. The van der Waals surface area contributed by atoms with Crippen molar-refractivity contribution >= 4 is 40.8 Å². The molecule has 6 heteroatoms. The highest BCUT2D eigenvalue weighted by molar-refractivity contribution is 7.96. The molecule has 0 saturated carbocycles. The molecule has 0 aliphatic carbocycles. The first-order valence-corrected chi connectivity index (χ1v) is 8.29. The van der Waals surface area contributed by atoms with Gasteiger partial charge >= 0.3 is 5.97 Å². The molecule has 0 bridgehead atoms. The van der Waals surface area contributed by atoms with Gasteiger partial charge in [0.1, 0.15) is 0 Å². The molecule has 0 saturated heterocycles. The Hall–Kier alpha value is -1.92. The molecule has 2 rings (SSSR count). The van der Waals surface area contributed by atoms with E-state index in [2.05, 4.69) is 12.6 Å². The van der Waals surface area contributed by atoms with E-state index in [1.165, 1.54) is 18.3 Å². The third-order valence-electron chi connectivity index (χ3n) is 3.31. The van der Waals surface area contributed by atoms with E-state index in [9.17, 15) is 14.4 Å². The van der Waals surface area contributed by atoms with Crippen molar-refractivity contribution in [1.29, 1.82) is 0 Å². The second-order valence-electron chi connectivity index (χ2n) is 5.04. The van der Waals surface area contributed by atoms with Gasteiger partial charge in [0, 0.05) is 10.4 Å². The van der Waals surface area contributed by atoms with Crippen LogP contribution in [0.4, 0.5) is 0 Å². The lowest BCUT2D eigenvalue weighted by Crippen LogP contribution is -2.23. The third-order valence-corrected chi connectivity index (χ3v) is 4.94. The highest BCUT2D eigenvalue weighted by Crippen LogP contribution is 2.27. The van der Waals surface area contributed by atoms with Crippen LogP contribution in [0.5, 0.6) is 0 Å². The monoisotopic (exact) mass is 348 g/mol. The van der Waals surface area contributed by atoms with E-state index in [4.69, 9.17) is 4.74 Å². The fraction of sp³-hybridized carbons (Fsp3) is 0.235. The van der Waals surface area contributed by atoms with E-state index in [1.807, 2.05) is 6.07 Å². The van der Waals surface area contributed by atoms with Gasteiger partial charge in [-0.3, -0.25) is 14.4 Å². The molecule has 1 aromatic carbocycles. The van der Waals surface area contributed by atoms with E-state index in [0.717, 1.165) is 0 Å². The normalized spacial score (nSPS) is 13.2. The number of hydrogen-bond donors (Lipinski definition) is 1. The highest BCUT2D eigenvalue weighted by Gasteiger charge is 2.24. The van der Waals surface area contributed by atoms with Crippen molar-refractivity contribution in [2.75, 3.05) is 0 Å². The molecule has 2 atom stereocenters. The fourth-order valence-electron chi connectivity index (χ4n) is 1.88. The molecule has 4 nitrogen and oxygen atoms in total. The van der Waals surface area contributed by atoms with Crippen LogP contribution in [0.3, 0.4) is 0 Å². The van der Waals surface area contributed by atoms with Crippen LogP contribution in [0.1, 0.15) is 39.9 Å². The number of carbonyl (C=O) groups is 3. The van der Waals surface area contributed by atoms with Gasteiger partial charge in [0.05, 0.1) is 10.8 Å². The van der Waals surface area contributed by atoms with Crippen molar-refractivity contribution in [3.8, 4) is 0 Å². The van der Waals surface area contributed by atoms with Crippen LogP contribution in [-0.4, -0.2) is 23.0 Å². The average molecular weight is 348 g/mol. The van der Waals surface area contributed by atoms with Gasteiger partial charge in [-0.15, -0.1) is 24.0 Å². The lowest BCUT2D eigenvalue weighted by molar-refractivity contribution is -0.152. The first-order valence-electron chi connectivity index (χ1n) is 7.03. The van der Waals surface area contributed by atoms with Crippen molar-refractivity contribution in [3.05, 3.63) is 57.8 Å². The average Bonchev–Trinajstić information content (AvgIpc) is 3.03. The van der Waals surface area contributed by atoms with Crippen molar-refractivity contribution in [2.24, 2.45) is 0 Å². The summed E-state index contributed by atoms with van der Waals surface area (Å²) in [5.74, 6) is -1.14. The molecule has 0 N–H and O–H groups in total. The predicted octanol–water partition coefficient (Wildman–Crippen LogP) is 3.47. The first kappa shape index (κ1) is 17.4. The summed E-state index contributed by atoms with van der Waals surface area (Å²) in [6, 6.07) is 12.4. The molecule has 0 fully saturated rings. The zero-order valence-electron chi connectivity index (χ0n) is 12.7. The molecule has 120 valence electrons. The second-order valence-corrected chi connectivity index (χ2v) is 6.59. The van der Waals surface area contributed by atoms with Crippen molar-refractivity contribution in [3.63, 3.8) is 0 Å². The van der Waals surface area contributed by atoms with Gasteiger partial charge in [-0.25, -0.2) is 0 Å². The minimum atomic E-state index is -0.890. The zero-order chi connectivity index (χ0) is 17.0. The van der Waals surface area contributed by atoms with Gasteiger partial charge in [0.15, 0.2) is 6.10 Å². The molecule has 0 unspecified atom stereocenters. The van der Waals surface area contributed by atoms with Crippen LogP contribution >= 0.6 is 24.0 Å². The zero-order valence-corrected chi connectivity index (χ0v) is 14.4. The summed E-state index contributed by atoms with van der Waals surface area (Å²) >= 11 is 4.89. The van der Waals surface area contributed by atoms with Crippen molar-refractivity contribution < 1.29 is 19.1 Å². The molecular formula is C17H16O4S2. The maximum Gasteiger partial charge on any atom is 0.314 e. The van der Waals surface area contributed by atoms with Crippen LogP contribution < -0.4 is 0 Å². The number of ketones is 1. The number of rotatable bonds is 6. The smallest absolute Gasteiger partial charge is 0.314 e. The Morgan fingerprint density at radius 3 is 2.30 bits per heavy atom. The summed E-state index contributed by atoms with van der Waals surface area (Å²) in [7, 11) is 0. The van der Waals surface area contributed by atoms with Crippen LogP contribution in [0, 0.1) is 0 Å². The molecule has 0 aliphatic rings. The second kappa shape index (κ2) is 7.57. The Bertz CT molecular complexity index is 721. The van der Waals surface area contributed by atoms with Gasteiger partial charge in [-0.1, -0.05) is 30.3 Å². The van der Waals surface area contributed by atoms with E-state index >= 15 is 0 Å². The molecule has 0 spiro atoms. The van der Waals surface area contributed by atoms with Gasteiger partial charge in [-0.2, -0.15) is 0 Å². The van der Waals surface area contributed by atoms with Crippen LogP contribution in [0.25, 0.3) is 0 Å². The molecule has 2 aromatic rings. The SMILES string of the molecule is C[C@H](C(=O)O[C@H](C)C(=O)S)c1ccc(C(=O)c2ccccc2)s1. The molecule has 0 aliphatic heterocycles. The quantitative estimate of drug-likeness (QED) is 0.493. The number of benzene rings is 1. The third kappa shape index (κ3) is 4.30. The topological polar surface area (TPSA) is 60.4 Å². The van der Waals surface area contributed by atoms with E-state index in [0.29, 0.717) is 15.3 Å². The Balaban J connectivity index is 2.11. The summed E-state index contributed by atoms with van der Waals surface area (Å²) in [6.45, 7) is 3.15. The van der Waals surface area contributed by atoms with E-state index in [1.54, 1.807) is 43.3 Å². The predicted molar refractivity (Wildman–Crippen MR) is 92.2 cm³/mol. The van der Waals surface area contributed by atoms with Crippen LogP contribution in [0.15, 0.2) is 42.5 Å². The van der Waals surface area contributed by atoms with Crippen molar-refractivity contribution in [2.45, 2.75) is 25.9 Å².